The number of nitrogen functional groups attached to an aromatic ring is 1. The van der Waals surface area contributed by atoms with Crippen LogP contribution in [-0.2, 0) is 17.9 Å². The number of aromatic amines is 1. The molecule has 1 aromatic heterocycles. The molecule has 0 spiro atoms. The Kier molecular flexibility index (Phi) is 4.64. The quantitative estimate of drug-likeness (QED) is 0.520. The van der Waals surface area contributed by atoms with Crippen LogP contribution in [0.25, 0.3) is 11.3 Å². The highest BCUT2D eigenvalue weighted by atomic mass is 16.2. The van der Waals surface area contributed by atoms with E-state index in [0.717, 1.165) is 29.7 Å². The fourth-order valence-corrected chi connectivity index (χ4v) is 3.11. The zero-order chi connectivity index (χ0) is 18.7. The van der Waals surface area contributed by atoms with Crippen molar-refractivity contribution in [3.05, 3.63) is 71.9 Å². The molecule has 27 heavy (non-hydrogen) atoms. The van der Waals surface area contributed by atoms with Crippen LogP contribution in [0.1, 0.15) is 24.0 Å². The van der Waals surface area contributed by atoms with Gasteiger partial charge in [-0.05, 0) is 29.5 Å². The summed E-state index contributed by atoms with van der Waals surface area (Å²) >= 11 is 0. The fourth-order valence-electron chi connectivity index (χ4n) is 3.11. The van der Waals surface area contributed by atoms with Gasteiger partial charge in [-0.25, -0.2) is 4.98 Å². The largest absolute Gasteiger partial charge is 0.369 e. The smallest absolute Gasteiger partial charge is 0.240 e. The van der Waals surface area contributed by atoms with Crippen molar-refractivity contribution in [3.8, 4) is 11.3 Å². The molecule has 5 N–H and O–H groups in total. The first-order valence-corrected chi connectivity index (χ1v) is 9.12. The molecule has 1 aliphatic rings. The molecular weight excluding hydrogens is 338 g/mol. The summed E-state index contributed by atoms with van der Waals surface area (Å²) in [5.41, 5.74) is 9.33. The van der Waals surface area contributed by atoms with Crippen LogP contribution < -0.4 is 16.4 Å². The van der Waals surface area contributed by atoms with Crippen molar-refractivity contribution in [1.82, 2.24) is 20.6 Å². The Morgan fingerprint density at radius 2 is 1.74 bits per heavy atom. The van der Waals surface area contributed by atoms with Crippen LogP contribution in [0.3, 0.4) is 0 Å². The molecule has 0 unspecified atom stereocenters. The standard InChI is InChI=1S/C21H23N5O/c22-20-24-14-18(26-20)17-8-6-16(7-9-17)12-23-19(27)21(10-11-21)25-13-15-4-2-1-3-5-15/h1-9,14,25H,10-13H2,(H,23,27)(H3,22,24,26). The fraction of sp³-hybridized carbons (Fsp3) is 0.238. The number of rotatable bonds is 7. The number of H-pyrrole nitrogens is 1. The van der Waals surface area contributed by atoms with Gasteiger partial charge in [-0.1, -0.05) is 54.6 Å². The van der Waals surface area contributed by atoms with Crippen LogP contribution in [0.2, 0.25) is 0 Å². The Morgan fingerprint density at radius 3 is 2.37 bits per heavy atom. The number of aromatic nitrogens is 2. The van der Waals surface area contributed by atoms with Crippen molar-refractivity contribution < 1.29 is 4.79 Å². The normalized spacial score (nSPS) is 14.7. The Hall–Kier alpha value is -3.12. The third-order valence-electron chi connectivity index (χ3n) is 4.97. The molecule has 6 nitrogen and oxygen atoms in total. The van der Waals surface area contributed by atoms with E-state index in [2.05, 4.69) is 32.7 Å². The molecule has 1 saturated carbocycles. The maximum absolute atomic E-state index is 12.6. The molecule has 0 radical (unpaired) electrons. The first-order valence-electron chi connectivity index (χ1n) is 9.12. The monoisotopic (exact) mass is 361 g/mol. The third-order valence-corrected chi connectivity index (χ3v) is 4.97. The van der Waals surface area contributed by atoms with Gasteiger partial charge in [-0.2, -0.15) is 0 Å². The van der Waals surface area contributed by atoms with Gasteiger partial charge < -0.3 is 16.0 Å². The molecule has 3 aromatic rings. The predicted octanol–water partition coefficient (Wildman–Crippen LogP) is 2.60. The number of carbonyl (C=O) groups is 1. The average molecular weight is 361 g/mol. The summed E-state index contributed by atoms with van der Waals surface area (Å²) in [5, 5.41) is 6.48. The van der Waals surface area contributed by atoms with E-state index in [0.29, 0.717) is 19.0 Å². The molecule has 138 valence electrons. The number of anilines is 1. The number of hydrogen-bond acceptors (Lipinski definition) is 4. The summed E-state index contributed by atoms with van der Waals surface area (Å²) in [6, 6.07) is 18.1. The third kappa shape index (κ3) is 4.01. The van der Waals surface area contributed by atoms with Gasteiger partial charge in [0.25, 0.3) is 0 Å². The van der Waals surface area contributed by atoms with E-state index in [4.69, 9.17) is 5.73 Å². The summed E-state index contributed by atoms with van der Waals surface area (Å²) in [7, 11) is 0. The second kappa shape index (κ2) is 7.25. The minimum atomic E-state index is -0.413. The summed E-state index contributed by atoms with van der Waals surface area (Å²) in [4.78, 5) is 19.6. The van der Waals surface area contributed by atoms with Gasteiger partial charge in [0.2, 0.25) is 5.91 Å². The Balaban J connectivity index is 1.31. The lowest BCUT2D eigenvalue weighted by Crippen LogP contribution is -2.45. The molecule has 1 aliphatic carbocycles. The second-order valence-electron chi connectivity index (χ2n) is 6.98. The van der Waals surface area contributed by atoms with E-state index in [-0.39, 0.29) is 5.91 Å². The first kappa shape index (κ1) is 17.3. The van der Waals surface area contributed by atoms with Gasteiger partial charge in [0.05, 0.1) is 17.4 Å². The van der Waals surface area contributed by atoms with Crippen LogP contribution in [0.5, 0.6) is 0 Å². The molecule has 2 aromatic carbocycles. The van der Waals surface area contributed by atoms with Crippen LogP contribution in [-0.4, -0.2) is 21.4 Å². The number of hydrogen-bond donors (Lipinski definition) is 4. The maximum Gasteiger partial charge on any atom is 0.240 e. The van der Waals surface area contributed by atoms with E-state index < -0.39 is 5.54 Å². The number of nitrogens with two attached hydrogens (primary N) is 1. The summed E-state index contributed by atoms with van der Waals surface area (Å²) in [6.07, 6.45) is 3.47. The van der Waals surface area contributed by atoms with Crippen molar-refractivity contribution in [2.45, 2.75) is 31.5 Å². The van der Waals surface area contributed by atoms with Gasteiger partial charge in [0, 0.05) is 13.1 Å². The lowest BCUT2D eigenvalue weighted by Gasteiger charge is -2.17. The second-order valence-corrected chi connectivity index (χ2v) is 6.98. The molecule has 1 amide bonds. The van der Waals surface area contributed by atoms with E-state index in [9.17, 15) is 4.79 Å². The van der Waals surface area contributed by atoms with Crippen molar-refractivity contribution in [2.75, 3.05) is 5.73 Å². The molecule has 0 atom stereocenters. The predicted molar refractivity (Wildman–Crippen MR) is 106 cm³/mol. The Morgan fingerprint density at radius 1 is 1.04 bits per heavy atom. The molecule has 0 aliphatic heterocycles. The molecule has 0 bridgehead atoms. The highest BCUT2D eigenvalue weighted by molar-refractivity contribution is 5.89. The lowest BCUT2D eigenvalue weighted by molar-refractivity contribution is -0.124. The van der Waals surface area contributed by atoms with E-state index >= 15 is 0 Å². The van der Waals surface area contributed by atoms with Crippen LogP contribution in [0.4, 0.5) is 5.95 Å². The highest BCUT2D eigenvalue weighted by Crippen LogP contribution is 2.36. The van der Waals surface area contributed by atoms with E-state index in [1.807, 2.05) is 42.5 Å². The number of carbonyl (C=O) groups excluding carboxylic acids is 1. The van der Waals surface area contributed by atoms with E-state index in [1.165, 1.54) is 5.56 Å². The number of nitrogens with zero attached hydrogens (tertiary/aromatic N) is 1. The summed E-state index contributed by atoms with van der Waals surface area (Å²) < 4.78 is 0. The number of nitrogens with one attached hydrogen (secondary N) is 3. The van der Waals surface area contributed by atoms with Crippen LogP contribution in [0.15, 0.2) is 60.8 Å². The Bertz CT molecular complexity index is 913. The Labute approximate surface area is 158 Å². The van der Waals surface area contributed by atoms with Gasteiger partial charge >= 0.3 is 0 Å². The molecule has 1 fully saturated rings. The van der Waals surface area contributed by atoms with Gasteiger partial charge in [0.15, 0.2) is 5.95 Å². The van der Waals surface area contributed by atoms with Gasteiger partial charge in [0.1, 0.15) is 0 Å². The minimum Gasteiger partial charge on any atom is -0.369 e. The molecule has 1 heterocycles. The van der Waals surface area contributed by atoms with Crippen molar-refractivity contribution in [1.29, 1.82) is 0 Å². The summed E-state index contributed by atoms with van der Waals surface area (Å²) in [5.74, 6) is 0.475. The SMILES string of the molecule is Nc1ncc(-c2ccc(CNC(=O)C3(NCc4ccccc4)CC3)cc2)[nH]1. The maximum atomic E-state index is 12.6. The lowest BCUT2D eigenvalue weighted by atomic mass is 10.1. The van der Waals surface area contributed by atoms with Gasteiger partial charge in [-0.3, -0.25) is 10.1 Å². The van der Waals surface area contributed by atoms with Gasteiger partial charge in [-0.15, -0.1) is 0 Å². The zero-order valence-corrected chi connectivity index (χ0v) is 15.0. The van der Waals surface area contributed by atoms with Crippen molar-refractivity contribution in [3.63, 3.8) is 0 Å². The number of amides is 1. The first-order chi connectivity index (χ1) is 13.1. The van der Waals surface area contributed by atoms with Crippen LogP contribution >= 0.6 is 0 Å². The van der Waals surface area contributed by atoms with Crippen molar-refractivity contribution in [2.24, 2.45) is 0 Å². The van der Waals surface area contributed by atoms with Crippen LogP contribution in [0, 0.1) is 0 Å². The average Bonchev–Trinajstić information content (AvgIpc) is 3.39. The number of benzene rings is 2. The molecule has 0 saturated heterocycles. The topological polar surface area (TPSA) is 95.8 Å². The number of imidazole rings is 1. The van der Waals surface area contributed by atoms with Crippen molar-refractivity contribution >= 4 is 11.9 Å². The zero-order valence-electron chi connectivity index (χ0n) is 15.0. The molecular formula is C21H23N5O. The summed E-state index contributed by atoms with van der Waals surface area (Å²) in [6.45, 7) is 1.22. The van der Waals surface area contributed by atoms with E-state index in [1.54, 1.807) is 6.20 Å². The molecule has 4 rings (SSSR count). The molecule has 6 heteroatoms. The minimum absolute atomic E-state index is 0.0730. The highest BCUT2D eigenvalue weighted by Gasteiger charge is 2.49.